The molecule has 1 atom stereocenters. The summed E-state index contributed by atoms with van der Waals surface area (Å²) in [5, 5.41) is 0. The van der Waals surface area contributed by atoms with Gasteiger partial charge < -0.3 is 0 Å². The Labute approximate surface area is 47.6 Å². The maximum atomic E-state index is 10.7. The monoisotopic (exact) mass is 109 g/mol. The number of hydrogen-bond acceptors (Lipinski definition) is 2. The second kappa shape index (κ2) is 1.19. The van der Waals surface area contributed by atoms with E-state index in [1.54, 1.807) is 0 Å². The third-order valence-corrected chi connectivity index (χ3v) is 1.70. The van der Waals surface area contributed by atoms with Gasteiger partial charge in [0.2, 0.25) is 0 Å². The summed E-state index contributed by atoms with van der Waals surface area (Å²) in [6, 6.07) is 0.0729. The van der Waals surface area contributed by atoms with Crippen LogP contribution in [0.4, 0.5) is 0 Å². The second-order valence-corrected chi connectivity index (χ2v) is 2.34. The van der Waals surface area contributed by atoms with Gasteiger partial charge >= 0.3 is 0 Å². The van der Waals surface area contributed by atoms with Gasteiger partial charge in [-0.15, -0.1) is 0 Å². The molecule has 0 spiro atoms. The second-order valence-electron chi connectivity index (χ2n) is 2.34. The molecule has 1 fully saturated rings. The van der Waals surface area contributed by atoms with Gasteiger partial charge in [0.25, 0.3) is 0 Å². The van der Waals surface area contributed by atoms with E-state index in [1.807, 2.05) is 0 Å². The lowest BCUT2D eigenvalue weighted by molar-refractivity contribution is -0.118. The van der Waals surface area contributed by atoms with Crippen molar-refractivity contribution < 1.29 is 4.79 Å². The van der Waals surface area contributed by atoms with Gasteiger partial charge in [0.15, 0.2) is 5.78 Å². The largest absolute Gasteiger partial charge is 0.297 e. The van der Waals surface area contributed by atoms with E-state index >= 15 is 0 Å². The maximum Gasteiger partial charge on any atom is 0.163 e. The van der Waals surface area contributed by atoms with E-state index < -0.39 is 0 Å². The van der Waals surface area contributed by atoms with Crippen LogP contribution in [0.25, 0.3) is 0 Å². The molecule has 2 aliphatic rings. The van der Waals surface area contributed by atoms with Crippen molar-refractivity contribution in [3.63, 3.8) is 0 Å². The van der Waals surface area contributed by atoms with Crippen LogP contribution in [0.1, 0.15) is 19.3 Å². The van der Waals surface area contributed by atoms with E-state index in [2.05, 4.69) is 4.99 Å². The number of aliphatic imine (C=N–C) groups is 1. The Bertz CT molecular complexity index is 171. The van der Waals surface area contributed by atoms with Crippen LogP contribution in [0.3, 0.4) is 0 Å². The minimum Gasteiger partial charge on any atom is -0.297 e. The first kappa shape index (κ1) is 4.24. The minimum atomic E-state index is 0.0729. The number of hydrogen-bond donors (Lipinski definition) is 0. The number of carbonyl (C=O) groups is 1. The number of rotatable bonds is 0. The molecule has 2 heteroatoms. The summed E-state index contributed by atoms with van der Waals surface area (Å²) in [7, 11) is 0. The minimum absolute atomic E-state index is 0.0729. The highest BCUT2D eigenvalue weighted by Gasteiger charge is 2.36. The van der Waals surface area contributed by atoms with E-state index in [4.69, 9.17) is 0 Å². The highest BCUT2D eigenvalue weighted by molar-refractivity contribution is 6.19. The number of fused-ring (bicyclic) bond motifs is 1. The number of ketones is 1. The zero-order valence-electron chi connectivity index (χ0n) is 4.55. The van der Waals surface area contributed by atoms with Gasteiger partial charge in [-0.1, -0.05) is 0 Å². The van der Waals surface area contributed by atoms with Crippen molar-refractivity contribution in [2.75, 3.05) is 0 Å². The van der Waals surface area contributed by atoms with Gasteiger partial charge in [-0.25, -0.2) is 0 Å². The van der Waals surface area contributed by atoms with Crippen LogP contribution in [0.2, 0.25) is 0 Å². The molecular weight excluding hydrogens is 102 g/mol. The van der Waals surface area contributed by atoms with Crippen LogP contribution in [0.5, 0.6) is 0 Å². The highest BCUT2D eigenvalue weighted by Crippen LogP contribution is 2.25. The molecule has 2 rings (SSSR count). The van der Waals surface area contributed by atoms with E-state index in [0.29, 0.717) is 5.78 Å². The molecule has 0 aromatic heterocycles. The highest BCUT2D eigenvalue weighted by atomic mass is 16.1. The first-order chi connectivity index (χ1) is 3.88. The number of carbonyl (C=O) groups excluding carboxylic acids is 1. The van der Waals surface area contributed by atoms with E-state index in [1.165, 1.54) is 0 Å². The summed E-state index contributed by atoms with van der Waals surface area (Å²) >= 11 is 0. The Balaban J connectivity index is 2.14. The molecule has 0 aromatic carbocycles. The van der Waals surface area contributed by atoms with Crippen molar-refractivity contribution >= 4 is 11.5 Å². The molecule has 1 aliphatic heterocycles. The van der Waals surface area contributed by atoms with Crippen molar-refractivity contribution in [2.45, 2.75) is 25.3 Å². The van der Waals surface area contributed by atoms with Gasteiger partial charge in [0, 0.05) is 12.1 Å². The summed E-state index contributed by atoms with van der Waals surface area (Å²) in [4.78, 5) is 14.7. The molecule has 0 aromatic rings. The summed E-state index contributed by atoms with van der Waals surface area (Å²) in [6.45, 7) is 0. The molecule has 1 saturated carbocycles. The predicted molar refractivity (Wildman–Crippen MR) is 30.1 cm³/mol. The molecule has 42 valence electrons. The molecular formula is C6H7NO. The lowest BCUT2D eigenvalue weighted by Gasteiger charge is -2.01. The molecule has 1 heterocycles. The fourth-order valence-corrected chi connectivity index (χ4v) is 1.17. The fourth-order valence-electron chi connectivity index (χ4n) is 1.17. The van der Waals surface area contributed by atoms with E-state index in [-0.39, 0.29) is 6.04 Å². The summed E-state index contributed by atoms with van der Waals surface area (Å²) < 4.78 is 0. The molecule has 0 saturated heterocycles. The van der Waals surface area contributed by atoms with Gasteiger partial charge in [0.1, 0.15) is 6.04 Å². The lowest BCUT2D eigenvalue weighted by Crippen LogP contribution is -2.17. The van der Waals surface area contributed by atoms with Gasteiger partial charge in [-0.05, 0) is 12.8 Å². The van der Waals surface area contributed by atoms with Crippen molar-refractivity contribution in [2.24, 2.45) is 4.99 Å². The van der Waals surface area contributed by atoms with Gasteiger partial charge in [-0.2, -0.15) is 0 Å². The standard InChI is InChI=1S/C6H7NO/c8-5-3-1-2-4-6(5)7-4/h6H,1-3H2. The molecule has 0 bridgehead atoms. The average molecular weight is 109 g/mol. The third kappa shape index (κ3) is 0.427. The molecule has 2 nitrogen and oxygen atoms in total. The first-order valence-corrected chi connectivity index (χ1v) is 2.97. The Morgan fingerprint density at radius 3 is 3.00 bits per heavy atom. The zero-order valence-corrected chi connectivity index (χ0v) is 4.55. The van der Waals surface area contributed by atoms with Crippen LogP contribution >= 0.6 is 0 Å². The zero-order chi connectivity index (χ0) is 5.56. The van der Waals surface area contributed by atoms with Crippen LogP contribution in [0, 0.1) is 0 Å². The van der Waals surface area contributed by atoms with Crippen molar-refractivity contribution in [3.8, 4) is 0 Å². The molecule has 0 radical (unpaired) electrons. The molecule has 1 aliphatic carbocycles. The van der Waals surface area contributed by atoms with Gasteiger partial charge in [0.05, 0.1) is 0 Å². The number of nitrogens with zero attached hydrogens (tertiary/aromatic N) is 1. The van der Waals surface area contributed by atoms with Crippen molar-refractivity contribution in [3.05, 3.63) is 0 Å². The summed E-state index contributed by atoms with van der Waals surface area (Å²) in [6.07, 6.45) is 2.88. The Kier molecular flexibility index (Phi) is 0.629. The molecule has 0 amide bonds. The fraction of sp³-hybridized carbons (Fsp3) is 0.667. The van der Waals surface area contributed by atoms with Crippen LogP contribution in [0.15, 0.2) is 4.99 Å². The Morgan fingerprint density at radius 2 is 2.38 bits per heavy atom. The lowest BCUT2D eigenvalue weighted by atomic mass is 9.99. The molecule has 8 heavy (non-hydrogen) atoms. The van der Waals surface area contributed by atoms with Crippen LogP contribution in [-0.4, -0.2) is 17.5 Å². The quantitative estimate of drug-likeness (QED) is 0.447. The third-order valence-electron chi connectivity index (χ3n) is 1.70. The number of Topliss-reactive ketones (excluding diaryl/α,β-unsaturated/α-hetero) is 1. The smallest absolute Gasteiger partial charge is 0.163 e. The topological polar surface area (TPSA) is 29.4 Å². The summed E-state index contributed by atoms with van der Waals surface area (Å²) in [5.41, 5.74) is 1.15. The summed E-state index contributed by atoms with van der Waals surface area (Å²) in [5.74, 6) is 0.339. The van der Waals surface area contributed by atoms with Crippen LogP contribution < -0.4 is 0 Å². The maximum absolute atomic E-state index is 10.7. The van der Waals surface area contributed by atoms with Crippen molar-refractivity contribution in [1.29, 1.82) is 0 Å². The van der Waals surface area contributed by atoms with E-state index in [9.17, 15) is 4.79 Å². The average Bonchev–Trinajstić information content (AvgIpc) is 2.45. The Hall–Kier alpha value is -0.660. The van der Waals surface area contributed by atoms with Gasteiger partial charge in [-0.3, -0.25) is 9.79 Å². The normalized spacial score (nSPS) is 33.8. The molecule has 0 N–H and O–H groups in total. The predicted octanol–water partition coefficient (Wildman–Crippen LogP) is 0.563. The van der Waals surface area contributed by atoms with Crippen molar-refractivity contribution in [1.82, 2.24) is 0 Å². The first-order valence-electron chi connectivity index (χ1n) is 2.97. The van der Waals surface area contributed by atoms with E-state index in [0.717, 1.165) is 25.0 Å². The Morgan fingerprint density at radius 1 is 1.50 bits per heavy atom. The molecule has 1 unspecified atom stereocenters. The SMILES string of the molecule is O=C1CCCC2=NC12. The van der Waals surface area contributed by atoms with Crippen LogP contribution in [-0.2, 0) is 4.79 Å².